The SMILES string of the molecule is CS(=O)(=O)c1nn(Cc2nc3cc(Cl)ccc3n2CC(N)C(F)(F)F)c2cnccc12. The first kappa shape index (κ1) is 21.5. The van der Waals surface area contributed by atoms with Gasteiger partial charge in [0.05, 0.1) is 29.3 Å². The van der Waals surface area contributed by atoms with E-state index in [1.54, 1.807) is 12.1 Å². The molecule has 3 aromatic heterocycles. The van der Waals surface area contributed by atoms with E-state index >= 15 is 0 Å². The van der Waals surface area contributed by atoms with Gasteiger partial charge in [-0.1, -0.05) is 11.6 Å². The molecule has 4 aromatic rings. The van der Waals surface area contributed by atoms with Gasteiger partial charge >= 0.3 is 6.18 Å². The topological polar surface area (TPSA) is 109 Å². The van der Waals surface area contributed by atoms with Crippen LogP contribution in [0.25, 0.3) is 21.9 Å². The zero-order valence-electron chi connectivity index (χ0n) is 16.0. The van der Waals surface area contributed by atoms with Crippen LogP contribution < -0.4 is 5.73 Å². The van der Waals surface area contributed by atoms with Crippen LogP contribution in [0.2, 0.25) is 5.02 Å². The molecule has 4 rings (SSSR count). The molecule has 0 aliphatic carbocycles. The summed E-state index contributed by atoms with van der Waals surface area (Å²) in [6, 6.07) is 4.02. The zero-order valence-corrected chi connectivity index (χ0v) is 17.6. The highest BCUT2D eigenvalue weighted by Gasteiger charge is 2.37. The molecule has 3 heterocycles. The standard InChI is InChI=1S/C18H16ClF3N6O2S/c1-31(29,30)17-11-4-5-24-7-14(11)28(26-17)9-16-25-12-6-10(19)2-3-13(12)27(16)8-15(23)18(20,21)22/h2-7,15H,8-9,23H2,1H3. The maximum atomic E-state index is 13.1. The number of aromatic nitrogens is 5. The molecule has 0 bridgehead atoms. The summed E-state index contributed by atoms with van der Waals surface area (Å²) in [6.07, 6.45) is -0.712. The third-order valence-electron chi connectivity index (χ3n) is 4.75. The average Bonchev–Trinajstić information content (AvgIpc) is 3.20. The van der Waals surface area contributed by atoms with E-state index in [0.717, 1.165) is 6.26 Å². The number of imidazole rings is 1. The van der Waals surface area contributed by atoms with E-state index in [-0.39, 0.29) is 17.4 Å². The molecular weight excluding hydrogens is 457 g/mol. The molecule has 13 heteroatoms. The molecule has 1 unspecified atom stereocenters. The lowest BCUT2D eigenvalue weighted by molar-refractivity contribution is -0.150. The molecule has 0 aliphatic rings. The van der Waals surface area contributed by atoms with E-state index in [0.29, 0.717) is 27.0 Å². The number of rotatable bonds is 5. The minimum Gasteiger partial charge on any atom is -0.324 e. The van der Waals surface area contributed by atoms with Crippen LogP contribution in [0.5, 0.6) is 0 Å². The fourth-order valence-corrected chi connectivity index (χ4v) is 4.28. The Morgan fingerprint density at radius 3 is 2.65 bits per heavy atom. The average molecular weight is 473 g/mol. The van der Waals surface area contributed by atoms with E-state index in [4.69, 9.17) is 17.3 Å². The first-order chi connectivity index (χ1) is 14.4. The van der Waals surface area contributed by atoms with E-state index in [9.17, 15) is 21.6 Å². The molecule has 2 N–H and O–H groups in total. The molecule has 1 aromatic carbocycles. The monoisotopic (exact) mass is 472 g/mol. The molecule has 0 radical (unpaired) electrons. The molecule has 1 atom stereocenters. The Kier molecular flexibility index (Phi) is 5.18. The van der Waals surface area contributed by atoms with Crippen LogP contribution in [-0.4, -0.2) is 51.2 Å². The molecule has 0 aliphatic heterocycles. The van der Waals surface area contributed by atoms with Crippen LogP contribution in [0, 0.1) is 0 Å². The number of pyridine rings is 1. The molecule has 31 heavy (non-hydrogen) atoms. The van der Waals surface area contributed by atoms with Crippen LogP contribution in [0.15, 0.2) is 41.7 Å². The Balaban J connectivity index is 1.87. The number of hydrogen-bond acceptors (Lipinski definition) is 6. The van der Waals surface area contributed by atoms with Crippen molar-refractivity contribution in [2.24, 2.45) is 5.73 Å². The quantitative estimate of drug-likeness (QED) is 0.478. The van der Waals surface area contributed by atoms with Gasteiger partial charge in [-0.25, -0.2) is 13.4 Å². The number of halogens is 4. The van der Waals surface area contributed by atoms with Gasteiger partial charge in [0.25, 0.3) is 0 Å². The maximum absolute atomic E-state index is 13.1. The molecule has 0 saturated heterocycles. The van der Waals surface area contributed by atoms with Crippen molar-refractivity contribution >= 4 is 43.4 Å². The number of nitrogens with two attached hydrogens (primary N) is 1. The van der Waals surface area contributed by atoms with Crippen molar-refractivity contribution in [3.63, 3.8) is 0 Å². The summed E-state index contributed by atoms with van der Waals surface area (Å²) >= 11 is 6.00. The summed E-state index contributed by atoms with van der Waals surface area (Å²) in [4.78, 5) is 8.41. The number of alkyl halides is 3. The highest BCUT2D eigenvalue weighted by Crippen LogP contribution is 2.27. The Hall–Kier alpha value is -2.70. The molecule has 164 valence electrons. The fourth-order valence-electron chi connectivity index (χ4n) is 3.30. The van der Waals surface area contributed by atoms with Gasteiger partial charge in [-0.05, 0) is 24.3 Å². The Labute approximate surface area is 179 Å². The van der Waals surface area contributed by atoms with Gasteiger partial charge < -0.3 is 10.3 Å². The van der Waals surface area contributed by atoms with E-state index in [1.807, 2.05) is 0 Å². The van der Waals surface area contributed by atoms with Crippen LogP contribution in [0.4, 0.5) is 13.2 Å². The number of benzene rings is 1. The predicted molar refractivity (Wildman–Crippen MR) is 109 cm³/mol. The second-order valence-electron chi connectivity index (χ2n) is 7.05. The van der Waals surface area contributed by atoms with Crippen molar-refractivity contribution in [2.45, 2.75) is 30.3 Å². The molecule has 0 amide bonds. The van der Waals surface area contributed by atoms with E-state index in [2.05, 4.69) is 15.1 Å². The minimum atomic E-state index is -4.61. The maximum Gasteiger partial charge on any atom is 0.405 e. The van der Waals surface area contributed by atoms with Crippen molar-refractivity contribution in [1.29, 1.82) is 0 Å². The molecule has 8 nitrogen and oxygen atoms in total. The van der Waals surface area contributed by atoms with Gasteiger partial charge in [-0.3, -0.25) is 9.67 Å². The van der Waals surface area contributed by atoms with Crippen LogP contribution in [0.1, 0.15) is 5.82 Å². The van der Waals surface area contributed by atoms with Crippen molar-refractivity contribution < 1.29 is 21.6 Å². The van der Waals surface area contributed by atoms with Gasteiger partial charge in [0, 0.05) is 29.4 Å². The second-order valence-corrected chi connectivity index (χ2v) is 9.42. The highest BCUT2D eigenvalue weighted by molar-refractivity contribution is 7.90. The number of nitrogens with zero attached hydrogens (tertiary/aromatic N) is 5. The lowest BCUT2D eigenvalue weighted by atomic mass is 10.2. The third kappa shape index (κ3) is 4.10. The first-order valence-electron chi connectivity index (χ1n) is 8.92. The smallest absolute Gasteiger partial charge is 0.324 e. The number of hydrogen-bond donors (Lipinski definition) is 1. The lowest BCUT2D eigenvalue weighted by Gasteiger charge is -2.18. The predicted octanol–water partition coefficient (Wildman–Crippen LogP) is 2.78. The Morgan fingerprint density at radius 2 is 1.97 bits per heavy atom. The van der Waals surface area contributed by atoms with Gasteiger partial charge in [-0.15, -0.1) is 0 Å². The molecule has 0 saturated carbocycles. The molecule has 0 fully saturated rings. The summed E-state index contributed by atoms with van der Waals surface area (Å²) in [5.41, 5.74) is 6.57. The normalized spacial score (nSPS) is 13.9. The van der Waals surface area contributed by atoms with E-state index in [1.165, 1.54) is 33.8 Å². The zero-order chi connectivity index (χ0) is 22.6. The molecule has 0 spiro atoms. The Morgan fingerprint density at radius 1 is 1.23 bits per heavy atom. The van der Waals surface area contributed by atoms with Gasteiger partial charge in [0.2, 0.25) is 0 Å². The van der Waals surface area contributed by atoms with Gasteiger partial charge in [0.1, 0.15) is 11.9 Å². The summed E-state index contributed by atoms with van der Waals surface area (Å²) in [7, 11) is -3.65. The minimum absolute atomic E-state index is 0.103. The summed E-state index contributed by atoms with van der Waals surface area (Å²) in [6.45, 7) is -0.679. The summed E-state index contributed by atoms with van der Waals surface area (Å²) in [5.74, 6) is 0.213. The Bertz CT molecular complexity index is 1400. The fraction of sp³-hybridized carbons (Fsp3) is 0.278. The highest BCUT2D eigenvalue weighted by atomic mass is 35.5. The second kappa shape index (κ2) is 7.46. The molecular formula is C18H16ClF3N6O2S. The van der Waals surface area contributed by atoms with Crippen molar-refractivity contribution in [3.05, 3.63) is 47.5 Å². The van der Waals surface area contributed by atoms with Crippen molar-refractivity contribution in [1.82, 2.24) is 24.3 Å². The lowest BCUT2D eigenvalue weighted by Crippen LogP contribution is -2.41. The summed E-state index contributed by atoms with van der Waals surface area (Å²) in [5, 5.41) is 4.75. The number of fused-ring (bicyclic) bond motifs is 2. The van der Waals surface area contributed by atoms with Crippen molar-refractivity contribution in [3.8, 4) is 0 Å². The van der Waals surface area contributed by atoms with Crippen LogP contribution in [0.3, 0.4) is 0 Å². The van der Waals surface area contributed by atoms with Crippen LogP contribution >= 0.6 is 11.6 Å². The van der Waals surface area contributed by atoms with Crippen LogP contribution in [-0.2, 0) is 22.9 Å². The van der Waals surface area contributed by atoms with Gasteiger partial charge in [-0.2, -0.15) is 18.3 Å². The number of sulfone groups is 1. The first-order valence-corrected chi connectivity index (χ1v) is 11.2. The third-order valence-corrected chi connectivity index (χ3v) is 5.99. The van der Waals surface area contributed by atoms with Crippen molar-refractivity contribution in [2.75, 3.05) is 6.26 Å². The largest absolute Gasteiger partial charge is 0.405 e. The summed E-state index contributed by atoms with van der Waals surface area (Å²) < 4.78 is 66.4. The van der Waals surface area contributed by atoms with E-state index < -0.39 is 28.6 Å². The van der Waals surface area contributed by atoms with Gasteiger partial charge in [0.15, 0.2) is 14.9 Å².